The topological polar surface area (TPSA) is 0 Å². The molecule has 0 aliphatic heterocycles. The molecule has 0 unspecified atom stereocenters. The molecule has 2 heteroatoms. The predicted molar refractivity (Wildman–Crippen MR) is 52.8 cm³/mol. The maximum Gasteiger partial charge on any atom is 0.278 e. The van der Waals surface area contributed by atoms with Crippen LogP contribution in [0.4, 0.5) is 8.78 Å². The summed E-state index contributed by atoms with van der Waals surface area (Å²) in [6.45, 7) is 0. The van der Waals surface area contributed by atoms with Crippen LogP contribution >= 0.6 is 0 Å². The smallest absolute Gasteiger partial charge is 0.173 e. The Morgan fingerprint density at radius 2 is 1.93 bits per heavy atom. The van der Waals surface area contributed by atoms with E-state index in [9.17, 15) is 8.78 Å². The first-order chi connectivity index (χ1) is 6.79. The predicted octanol–water partition coefficient (Wildman–Crippen LogP) is 3.40. The fourth-order valence-electron chi connectivity index (χ4n) is 1.03. The molecule has 0 saturated carbocycles. The van der Waals surface area contributed by atoms with Crippen molar-refractivity contribution in [3.8, 4) is 11.8 Å². The molecule has 0 aliphatic carbocycles. The van der Waals surface area contributed by atoms with Gasteiger partial charge in [-0.1, -0.05) is 42.2 Å². The molecule has 0 N–H and O–H groups in total. The Morgan fingerprint density at radius 1 is 1.21 bits per heavy atom. The third kappa shape index (κ3) is 4.42. The molecule has 0 saturated heterocycles. The molecule has 0 aromatic heterocycles. The van der Waals surface area contributed by atoms with Gasteiger partial charge in [-0.25, -0.2) is 0 Å². The van der Waals surface area contributed by atoms with Gasteiger partial charge in [0.15, 0.2) is 0 Å². The number of halogens is 2. The molecule has 14 heavy (non-hydrogen) atoms. The highest BCUT2D eigenvalue weighted by Gasteiger charge is 1.87. The number of hydrogen-bond donors (Lipinski definition) is 0. The average Bonchev–Trinajstić information content (AvgIpc) is 2.18. The van der Waals surface area contributed by atoms with Crippen molar-refractivity contribution in [3.05, 3.63) is 48.1 Å². The van der Waals surface area contributed by atoms with E-state index < -0.39 is 6.08 Å². The molecule has 0 bridgehead atoms. The van der Waals surface area contributed by atoms with Crippen molar-refractivity contribution in [1.29, 1.82) is 0 Å². The number of benzene rings is 1. The fraction of sp³-hybridized carbons (Fsp3) is 0.167. The van der Waals surface area contributed by atoms with E-state index in [0.29, 0.717) is 12.5 Å². The van der Waals surface area contributed by atoms with Crippen molar-refractivity contribution in [2.45, 2.75) is 12.8 Å². The zero-order chi connectivity index (χ0) is 10.2. The molecule has 0 atom stereocenters. The van der Waals surface area contributed by atoms with Crippen molar-refractivity contribution in [3.63, 3.8) is 0 Å². The van der Waals surface area contributed by atoms with Crippen molar-refractivity contribution in [2.24, 2.45) is 0 Å². The van der Waals surface area contributed by atoms with E-state index in [4.69, 9.17) is 0 Å². The fourth-order valence-corrected chi connectivity index (χ4v) is 1.03. The van der Waals surface area contributed by atoms with E-state index in [1.807, 2.05) is 30.3 Å². The first-order valence-electron chi connectivity index (χ1n) is 4.32. The van der Waals surface area contributed by atoms with E-state index in [1.54, 1.807) is 0 Å². The Hall–Kier alpha value is -1.62. The summed E-state index contributed by atoms with van der Waals surface area (Å²) in [5.41, 5.74) is 1.17. The Morgan fingerprint density at radius 3 is 2.57 bits per heavy atom. The quantitative estimate of drug-likeness (QED) is 0.630. The summed E-state index contributed by atoms with van der Waals surface area (Å²) in [6, 6.07) is 9.82. The molecule has 0 fully saturated rings. The first kappa shape index (κ1) is 10.5. The molecular weight excluding hydrogens is 182 g/mol. The van der Waals surface area contributed by atoms with E-state index in [2.05, 4.69) is 11.8 Å². The van der Waals surface area contributed by atoms with Gasteiger partial charge in [0.2, 0.25) is 0 Å². The van der Waals surface area contributed by atoms with Crippen LogP contribution in [0.3, 0.4) is 0 Å². The van der Waals surface area contributed by atoms with Gasteiger partial charge < -0.3 is 0 Å². The van der Waals surface area contributed by atoms with Crippen LogP contribution in [-0.2, 0) is 6.42 Å². The molecule has 1 aromatic rings. The van der Waals surface area contributed by atoms with Crippen molar-refractivity contribution >= 4 is 0 Å². The number of hydrogen-bond acceptors (Lipinski definition) is 0. The third-order valence-corrected chi connectivity index (χ3v) is 1.66. The lowest BCUT2D eigenvalue weighted by Gasteiger charge is -1.93. The molecule has 0 aliphatic rings. The summed E-state index contributed by atoms with van der Waals surface area (Å²) < 4.78 is 23.1. The van der Waals surface area contributed by atoms with Gasteiger partial charge in [0.1, 0.15) is 0 Å². The van der Waals surface area contributed by atoms with Crippen LogP contribution in [0.25, 0.3) is 0 Å². The second-order valence-corrected chi connectivity index (χ2v) is 2.74. The second kappa shape index (κ2) is 5.93. The van der Waals surface area contributed by atoms with Gasteiger partial charge in [0, 0.05) is 6.42 Å². The number of allylic oxidation sites excluding steroid dienone is 1. The van der Waals surface area contributed by atoms with Crippen molar-refractivity contribution < 1.29 is 8.78 Å². The maximum absolute atomic E-state index is 11.5. The number of rotatable bonds is 2. The molecule has 72 valence electrons. The second-order valence-electron chi connectivity index (χ2n) is 2.74. The van der Waals surface area contributed by atoms with Gasteiger partial charge in [-0.3, -0.25) is 0 Å². The van der Waals surface area contributed by atoms with Gasteiger partial charge in [-0.05, 0) is 12.0 Å². The Balaban J connectivity index is 2.35. The lowest BCUT2D eigenvalue weighted by atomic mass is 10.1. The SMILES string of the molecule is FC(F)=CC#CCCc1ccccc1. The maximum atomic E-state index is 11.5. The Bertz CT molecular complexity index is 351. The molecular formula is C12H10F2. The van der Waals surface area contributed by atoms with E-state index in [-0.39, 0.29) is 0 Å². The summed E-state index contributed by atoms with van der Waals surface area (Å²) in [5.74, 6) is 4.95. The van der Waals surface area contributed by atoms with E-state index in [0.717, 1.165) is 6.42 Å². The molecule has 1 aromatic carbocycles. The number of aryl methyl sites for hydroxylation is 1. The van der Waals surface area contributed by atoms with Crippen LogP contribution in [0.1, 0.15) is 12.0 Å². The van der Waals surface area contributed by atoms with E-state index in [1.165, 1.54) is 5.56 Å². The zero-order valence-electron chi connectivity index (χ0n) is 7.63. The van der Waals surface area contributed by atoms with Gasteiger partial charge in [-0.2, -0.15) is 8.78 Å². The standard InChI is InChI=1S/C12H10F2/c13-12(14)10-6-2-5-9-11-7-3-1-4-8-11/h1,3-4,7-8,10H,5,9H2. The minimum Gasteiger partial charge on any atom is -0.173 e. The van der Waals surface area contributed by atoms with Crippen molar-refractivity contribution in [1.82, 2.24) is 0 Å². The zero-order valence-corrected chi connectivity index (χ0v) is 7.63. The molecule has 1 rings (SSSR count). The van der Waals surface area contributed by atoms with E-state index >= 15 is 0 Å². The third-order valence-electron chi connectivity index (χ3n) is 1.66. The minimum absolute atomic E-state index is 0.605. The van der Waals surface area contributed by atoms with Gasteiger partial charge in [-0.15, -0.1) is 0 Å². The van der Waals surface area contributed by atoms with Crippen LogP contribution in [-0.4, -0.2) is 0 Å². The molecule has 0 amide bonds. The van der Waals surface area contributed by atoms with Gasteiger partial charge in [0.05, 0.1) is 6.08 Å². The Kier molecular flexibility index (Phi) is 4.43. The molecule has 0 nitrogen and oxygen atoms in total. The largest absolute Gasteiger partial charge is 0.278 e. The summed E-state index contributed by atoms with van der Waals surface area (Å²) >= 11 is 0. The summed E-state index contributed by atoms with van der Waals surface area (Å²) in [5, 5.41) is 0. The molecule has 0 heterocycles. The molecule has 0 spiro atoms. The van der Waals surface area contributed by atoms with Crippen LogP contribution < -0.4 is 0 Å². The van der Waals surface area contributed by atoms with Crippen LogP contribution in [0, 0.1) is 11.8 Å². The lowest BCUT2D eigenvalue weighted by Crippen LogP contribution is -1.81. The monoisotopic (exact) mass is 192 g/mol. The van der Waals surface area contributed by atoms with Gasteiger partial charge in [0.25, 0.3) is 6.08 Å². The van der Waals surface area contributed by atoms with Crippen molar-refractivity contribution in [2.75, 3.05) is 0 Å². The summed E-state index contributed by atoms with van der Waals surface area (Å²) in [4.78, 5) is 0. The van der Waals surface area contributed by atoms with Crippen LogP contribution in [0.15, 0.2) is 42.5 Å². The molecule has 0 radical (unpaired) electrons. The van der Waals surface area contributed by atoms with Gasteiger partial charge >= 0.3 is 0 Å². The Labute approximate surface area is 82.3 Å². The van der Waals surface area contributed by atoms with Crippen LogP contribution in [0.5, 0.6) is 0 Å². The lowest BCUT2D eigenvalue weighted by molar-refractivity contribution is 0.422. The first-order valence-corrected chi connectivity index (χ1v) is 4.32. The summed E-state index contributed by atoms with van der Waals surface area (Å²) in [6.07, 6.45) is 0.297. The highest BCUT2D eigenvalue weighted by atomic mass is 19.3. The van der Waals surface area contributed by atoms with Crippen LogP contribution in [0.2, 0.25) is 0 Å². The minimum atomic E-state index is -1.74. The normalized spacial score (nSPS) is 8.71. The highest BCUT2D eigenvalue weighted by molar-refractivity contribution is 5.19. The highest BCUT2D eigenvalue weighted by Crippen LogP contribution is 2.01. The average molecular weight is 192 g/mol. The summed E-state index contributed by atoms with van der Waals surface area (Å²) in [7, 11) is 0.